The van der Waals surface area contributed by atoms with Crippen LogP contribution in [0, 0.1) is 0 Å². The minimum atomic E-state index is -0.842. The second kappa shape index (κ2) is 6.78. The molecule has 0 saturated heterocycles. The predicted molar refractivity (Wildman–Crippen MR) is 76.0 cm³/mol. The first-order valence-corrected chi connectivity index (χ1v) is 6.40. The SMILES string of the molecule is CCC(C)c1ccc(NC(C)C(=O)NC(N)=O)cc1. The summed E-state index contributed by atoms with van der Waals surface area (Å²) in [5.74, 6) is 0.0723. The highest BCUT2D eigenvalue weighted by molar-refractivity contribution is 5.97. The van der Waals surface area contributed by atoms with Crippen molar-refractivity contribution in [2.75, 3.05) is 5.32 Å². The number of benzene rings is 1. The van der Waals surface area contributed by atoms with Crippen molar-refractivity contribution in [2.24, 2.45) is 5.73 Å². The van der Waals surface area contributed by atoms with Gasteiger partial charge >= 0.3 is 6.03 Å². The van der Waals surface area contributed by atoms with Crippen LogP contribution < -0.4 is 16.4 Å². The zero-order chi connectivity index (χ0) is 14.4. The summed E-state index contributed by atoms with van der Waals surface area (Å²) in [5.41, 5.74) is 6.99. The third-order valence-electron chi connectivity index (χ3n) is 3.11. The number of amides is 3. The zero-order valence-corrected chi connectivity index (χ0v) is 11.6. The minimum absolute atomic E-state index is 0.446. The van der Waals surface area contributed by atoms with Crippen LogP contribution >= 0.6 is 0 Å². The van der Waals surface area contributed by atoms with Gasteiger partial charge in [-0.1, -0.05) is 26.0 Å². The van der Waals surface area contributed by atoms with E-state index in [4.69, 9.17) is 5.73 Å². The van der Waals surface area contributed by atoms with Crippen molar-refractivity contribution in [1.82, 2.24) is 5.32 Å². The van der Waals surface area contributed by atoms with Gasteiger partial charge in [0.25, 0.3) is 0 Å². The van der Waals surface area contributed by atoms with Crippen LogP contribution in [0.4, 0.5) is 10.5 Å². The van der Waals surface area contributed by atoms with E-state index < -0.39 is 18.0 Å². The third-order valence-corrected chi connectivity index (χ3v) is 3.11. The summed E-state index contributed by atoms with van der Waals surface area (Å²) in [4.78, 5) is 22.1. The van der Waals surface area contributed by atoms with Crippen LogP contribution in [0.2, 0.25) is 0 Å². The Kier molecular flexibility index (Phi) is 5.36. The minimum Gasteiger partial charge on any atom is -0.374 e. The van der Waals surface area contributed by atoms with Crippen LogP contribution in [-0.4, -0.2) is 18.0 Å². The van der Waals surface area contributed by atoms with Crippen LogP contribution in [0.3, 0.4) is 0 Å². The lowest BCUT2D eigenvalue weighted by molar-refractivity contribution is -0.120. The summed E-state index contributed by atoms with van der Waals surface area (Å²) in [6.45, 7) is 5.99. The molecule has 1 aromatic rings. The van der Waals surface area contributed by atoms with Gasteiger partial charge in [0.1, 0.15) is 6.04 Å². The van der Waals surface area contributed by atoms with Gasteiger partial charge in [-0.05, 0) is 37.0 Å². The number of rotatable bonds is 5. The molecule has 4 N–H and O–H groups in total. The highest BCUT2D eigenvalue weighted by Crippen LogP contribution is 2.20. The van der Waals surface area contributed by atoms with Crippen molar-refractivity contribution in [3.8, 4) is 0 Å². The van der Waals surface area contributed by atoms with Crippen LogP contribution in [0.5, 0.6) is 0 Å². The van der Waals surface area contributed by atoms with Gasteiger partial charge in [-0.15, -0.1) is 0 Å². The van der Waals surface area contributed by atoms with Crippen molar-refractivity contribution in [3.63, 3.8) is 0 Å². The summed E-state index contributed by atoms with van der Waals surface area (Å²) >= 11 is 0. The fourth-order valence-electron chi connectivity index (χ4n) is 1.69. The lowest BCUT2D eigenvalue weighted by Crippen LogP contribution is -2.43. The van der Waals surface area contributed by atoms with Gasteiger partial charge in [0, 0.05) is 5.69 Å². The summed E-state index contributed by atoms with van der Waals surface area (Å²) < 4.78 is 0. The van der Waals surface area contributed by atoms with E-state index >= 15 is 0 Å². The molecule has 0 heterocycles. The molecule has 3 amide bonds. The van der Waals surface area contributed by atoms with Gasteiger partial charge in [-0.2, -0.15) is 0 Å². The van der Waals surface area contributed by atoms with Crippen LogP contribution in [0.15, 0.2) is 24.3 Å². The topological polar surface area (TPSA) is 84.2 Å². The highest BCUT2D eigenvalue weighted by atomic mass is 16.2. The number of carbonyl (C=O) groups excluding carboxylic acids is 2. The molecule has 0 radical (unpaired) electrons. The Morgan fingerprint density at radius 2 is 1.79 bits per heavy atom. The fraction of sp³-hybridized carbons (Fsp3) is 0.429. The van der Waals surface area contributed by atoms with E-state index in [9.17, 15) is 9.59 Å². The average molecular weight is 263 g/mol. The van der Waals surface area contributed by atoms with E-state index in [1.807, 2.05) is 29.6 Å². The highest BCUT2D eigenvalue weighted by Gasteiger charge is 2.14. The van der Waals surface area contributed by atoms with Gasteiger partial charge in [-0.3, -0.25) is 10.1 Å². The number of nitrogens with two attached hydrogens (primary N) is 1. The van der Waals surface area contributed by atoms with Crippen molar-refractivity contribution in [3.05, 3.63) is 29.8 Å². The molecule has 5 heteroatoms. The fourth-order valence-corrected chi connectivity index (χ4v) is 1.69. The third kappa shape index (κ3) is 4.62. The number of urea groups is 1. The molecule has 0 saturated carbocycles. The Morgan fingerprint density at radius 1 is 1.21 bits per heavy atom. The normalized spacial score (nSPS) is 13.4. The van der Waals surface area contributed by atoms with E-state index in [1.165, 1.54) is 5.56 Å². The quantitative estimate of drug-likeness (QED) is 0.761. The van der Waals surface area contributed by atoms with E-state index in [0.717, 1.165) is 12.1 Å². The summed E-state index contributed by atoms with van der Waals surface area (Å²) in [5, 5.41) is 5.05. The van der Waals surface area contributed by atoms with Crippen LogP contribution in [-0.2, 0) is 4.79 Å². The molecule has 1 rings (SSSR count). The largest absolute Gasteiger partial charge is 0.374 e. The maximum atomic E-state index is 11.5. The van der Waals surface area contributed by atoms with Gasteiger partial charge in [0.2, 0.25) is 5.91 Å². The summed E-state index contributed by atoms with van der Waals surface area (Å²) in [6.07, 6.45) is 1.09. The zero-order valence-electron chi connectivity index (χ0n) is 11.6. The van der Waals surface area contributed by atoms with Gasteiger partial charge in [0.05, 0.1) is 0 Å². The molecule has 0 fully saturated rings. The van der Waals surface area contributed by atoms with E-state index in [-0.39, 0.29) is 0 Å². The molecule has 0 aromatic heterocycles. The van der Waals surface area contributed by atoms with E-state index in [0.29, 0.717) is 5.92 Å². The van der Waals surface area contributed by atoms with Crippen LogP contribution in [0.1, 0.15) is 38.7 Å². The van der Waals surface area contributed by atoms with Crippen molar-refractivity contribution in [2.45, 2.75) is 39.2 Å². The van der Waals surface area contributed by atoms with Crippen molar-refractivity contribution in [1.29, 1.82) is 0 Å². The monoisotopic (exact) mass is 263 g/mol. The number of hydrogen-bond donors (Lipinski definition) is 3. The standard InChI is InChI=1S/C14H21N3O2/c1-4-9(2)11-5-7-12(8-6-11)16-10(3)13(18)17-14(15)19/h5-10,16H,4H2,1-3H3,(H3,15,17,18,19). The molecule has 19 heavy (non-hydrogen) atoms. The first kappa shape index (κ1) is 15.0. The Morgan fingerprint density at radius 3 is 2.26 bits per heavy atom. The second-order valence-corrected chi connectivity index (χ2v) is 4.65. The van der Waals surface area contributed by atoms with Crippen LogP contribution in [0.25, 0.3) is 0 Å². The molecule has 0 aliphatic rings. The molecule has 1 aromatic carbocycles. The molecule has 0 bridgehead atoms. The average Bonchev–Trinajstić information content (AvgIpc) is 2.37. The lowest BCUT2D eigenvalue weighted by atomic mass is 9.98. The Labute approximate surface area is 113 Å². The van der Waals surface area contributed by atoms with Crippen molar-refractivity contribution < 1.29 is 9.59 Å². The van der Waals surface area contributed by atoms with E-state index in [2.05, 4.69) is 19.2 Å². The van der Waals surface area contributed by atoms with E-state index in [1.54, 1.807) is 6.92 Å². The number of anilines is 1. The van der Waals surface area contributed by atoms with Gasteiger partial charge < -0.3 is 11.1 Å². The molecule has 0 aliphatic carbocycles. The molecular formula is C14H21N3O2. The lowest BCUT2D eigenvalue weighted by Gasteiger charge is -2.15. The molecule has 104 valence electrons. The maximum absolute atomic E-state index is 11.5. The molecule has 0 spiro atoms. The van der Waals surface area contributed by atoms with Gasteiger partial charge in [-0.25, -0.2) is 4.79 Å². The summed E-state index contributed by atoms with van der Waals surface area (Å²) in [7, 11) is 0. The first-order chi connectivity index (χ1) is 8.93. The smallest absolute Gasteiger partial charge is 0.318 e. The second-order valence-electron chi connectivity index (χ2n) is 4.65. The van der Waals surface area contributed by atoms with Crippen molar-refractivity contribution >= 4 is 17.6 Å². The molecule has 2 atom stereocenters. The van der Waals surface area contributed by atoms with Gasteiger partial charge in [0.15, 0.2) is 0 Å². The Balaban J connectivity index is 2.62. The number of nitrogens with one attached hydrogen (secondary N) is 2. The molecular weight excluding hydrogens is 242 g/mol. The maximum Gasteiger partial charge on any atom is 0.318 e. The Hall–Kier alpha value is -2.04. The molecule has 2 unspecified atom stereocenters. The number of carbonyl (C=O) groups is 2. The first-order valence-electron chi connectivity index (χ1n) is 6.40. The number of primary amides is 1. The number of hydrogen-bond acceptors (Lipinski definition) is 3. The number of imide groups is 1. The molecule has 5 nitrogen and oxygen atoms in total. The molecule has 0 aliphatic heterocycles. The Bertz CT molecular complexity index is 443. The summed E-state index contributed by atoms with van der Waals surface area (Å²) in [6, 6.07) is 6.56. The predicted octanol–water partition coefficient (Wildman–Crippen LogP) is 2.20.